The van der Waals surface area contributed by atoms with Crippen LogP contribution in [0, 0.1) is 10.8 Å². The van der Waals surface area contributed by atoms with Crippen LogP contribution in [0.4, 0.5) is 4.79 Å². The van der Waals surface area contributed by atoms with E-state index in [1.54, 1.807) is 4.90 Å². The Labute approximate surface area is 101 Å². The number of rotatable bonds is 1. The molecule has 1 saturated heterocycles. The molecule has 1 saturated carbocycles. The van der Waals surface area contributed by atoms with Gasteiger partial charge < -0.3 is 15.4 Å². The van der Waals surface area contributed by atoms with Gasteiger partial charge in [0.25, 0.3) is 0 Å². The van der Waals surface area contributed by atoms with Crippen LogP contribution < -0.4 is 5.73 Å². The van der Waals surface area contributed by atoms with Crippen LogP contribution in [0.1, 0.15) is 34.1 Å². The summed E-state index contributed by atoms with van der Waals surface area (Å²) in [6.45, 7) is 8.44. The summed E-state index contributed by atoms with van der Waals surface area (Å²) < 4.78 is 5.30. The second kappa shape index (κ2) is 3.15. The summed E-state index contributed by atoms with van der Waals surface area (Å²) in [7, 11) is 0. The van der Waals surface area contributed by atoms with E-state index < -0.39 is 11.0 Å². The van der Waals surface area contributed by atoms with E-state index in [2.05, 4.69) is 0 Å². The third-order valence-corrected chi connectivity index (χ3v) is 3.85. The zero-order valence-electron chi connectivity index (χ0n) is 10.9. The monoisotopic (exact) mass is 240 g/mol. The molecule has 2 unspecified atom stereocenters. The molecule has 96 valence electrons. The first-order valence-corrected chi connectivity index (χ1v) is 5.88. The van der Waals surface area contributed by atoms with E-state index in [0.717, 1.165) is 6.42 Å². The molecule has 17 heavy (non-hydrogen) atoms. The van der Waals surface area contributed by atoms with Crippen LogP contribution in [-0.4, -0.2) is 35.6 Å². The number of hydrogen-bond acceptors (Lipinski definition) is 3. The standard InChI is InChI=1S/C12H20N2O3/c1-10(2,3)17-9(16)14-6-11(4)5-12(11,7-14)8(13)15/h5-7H2,1-4H3,(H2,13,15). The molecule has 2 fully saturated rings. The van der Waals surface area contributed by atoms with Gasteiger partial charge in [-0.15, -0.1) is 0 Å². The molecule has 0 radical (unpaired) electrons. The van der Waals surface area contributed by atoms with Gasteiger partial charge in [0.1, 0.15) is 5.60 Å². The topological polar surface area (TPSA) is 72.6 Å². The minimum Gasteiger partial charge on any atom is -0.444 e. The number of ether oxygens (including phenoxy) is 1. The summed E-state index contributed by atoms with van der Waals surface area (Å²) in [6, 6.07) is 0. The fraction of sp³-hybridized carbons (Fsp3) is 0.833. The summed E-state index contributed by atoms with van der Waals surface area (Å²) in [5.41, 5.74) is 4.27. The number of primary amides is 1. The second-order valence-electron chi connectivity index (χ2n) is 6.52. The van der Waals surface area contributed by atoms with Crippen molar-refractivity contribution in [2.24, 2.45) is 16.6 Å². The van der Waals surface area contributed by atoms with Gasteiger partial charge >= 0.3 is 6.09 Å². The number of hydrogen-bond donors (Lipinski definition) is 1. The Bertz CT molecular complexity index is 388. The van der Waals surface area contributed by atoms with Gasteiger partial charge in [-0.3, -0.25) is 4.79 Å². The summed E-state index contributed by atoms with van der Waals surface area (Å²) in [5, 5.41) is 0. The third kappa shape index (κ3) is 1.77. The van der Waals surface area contributed by atoms with Crippen molar-refractivity contribution in [3.8, 4) is 0 Å². The predicted octanol–water partition coefficient (Wildman–Crippen LogP) is 1.12. The maximum atomic E-state index is 11.9. The van der Waals surface area contributed by atoms with E-state index in [9.17, 15) is 9.59 Å². The number of nitrogens with zero attached hydrogens (tertiary/aromatic N) is 1. The molecule has 2 rings (SSSR count). The minimum absolute atomic E-state index is 0.143. The Kier molecular flexibility index (Phi) is 2.26. The van der Waals surface area contributed by atoms with Gasteiger partial charge in [0.2, 0.25) is 5.91 Å². The molecule has 0 aromatic heterocycles. The Morgan fingerprint density at radius 2 is 1.88 bits per heavy atom. The van der Waals surface area contributed by atoms with Crippen LogP contribution in [0.3, 0.4) is 0 Å². The lowest BCUT2D eigenvalue weighted by Crippen LogP contribution is -2.39. The van der Waals surface area contributed by atoms with Crippen molar-refractivity contribution in [1.82, 2.24) is 4.90 Å². The highest BCUT2D eigenvalue weighted by molar-refractivity contribution is 5.87. The largest absolute Gasteiger partial charge is 0.444 e. The van der Waals surface area contributed by atoms with Crippen molar-refractivity contribution in [3.05, 3.63) is 0 Å². The van der Waals surface area contributed by atoms with Crippen molar-refractivity contribution in [2.75, 3.05) is 13.1 Å². The van der Waals surface area contributed by atoms with E-state index in [-0.39, 0.29) is 17.4 Å². The molecule has 2 atom stereocenters. The molecule has 1 heterocycles. The van der Waals surface area contributed by atoms with Gasteiger partial charge in [-0.05, 0) is 27.2 Å². The van der Waals surface area contributed by atoms with Crippen molar-refractivity contribution in [1.29, 1.82) is 0 Å². The molecular weight excluding hydrogens is 220 g/mol. The van der Waals surface area contributed by atoms with Crippen molar-refractivity contribution in [3.63, 3.8) is 0 Å². The molecule has 1 aliphatic heterocycles. The van der Waals surface area contributed by atoms with Crippen LogP contribution in [0.5, 0.6) is 0 Å². The predicted molar refractivity (Wildman–Crippen MR) is 62.2 cm³/mol. The first kappa shape index (κ1) is 12.2. The van der Waals surface area contributed by atoms with Crippen LogP contribution in [0.15, 0.2) is 0 Å². The smallest absolute Gasteiger partial charge is 0.410 e. The molecular formula is C12H20N2O3. The first-order chi connectivity index (χ1) is 7.60. The van der Waals surface area contributed by atoms with E-state index in [1.165, 1.54) is 0 Å². The highest BCUT2D eigenvalue weighted by atomic mass is 16.6. The number of nitrogens with two attached hydrogens (primary N) is 1. The van der Waals surface area contributed by atoms with Gasteiger partial charge in [0.05, 0.1) is 5.41 Å². The molecule has 5 heteroatoms. The van der Waals surface area contributed by atoms with Gasteiger partial charge in [0, 0.05) is 18.5 Å². The van der Waals surface area contributed by atoms with Crippen LogP contribution in [0.2, 0.25) is 0 Å². The molecule has 0 aromatic carbocycles. The zero-order valence-corrected chi connectivity index (χ0v) is 10.9. The summed E-state index contributed by atoms with van der Waals surface area (Å²) in [4.78, 5) is 24.9. The maximum Gasteiger partial charge on any atom is 0.410 e. The molecule has 1 aliphatic carbocycles. The van der Waals surface area contributed by atoms with Crippen LogP contribution in [0.25, 0.3) is 0 Å². The van der Waals surface area contributed by atoms with Gasteiger partial charge in [-0.25, -0.2) is 4.79 Å². The van der Waals surface area contributed by atoms with Gasteiger partial charge in [-0.1, -0.05) is 6.92 Å². The SMILES string of the molecule is CC(C)(C)OC(=O)N1CC2(C)CC2(C(N)=O)C1. The number of fused-ring (bicyclic) bond motifs is 1. The van der Waals surface area contributed by atoms with Crippen molar-refractivity contribution in [2.45, 2.75) is 39.7 Å². The Morgan fingerprint density at radius 3 is 2.29 bits per heavy atom. The average Bonchev–Trinajstić information content (AvgIpc) is 2.58. The number of carbonyl (C=O) groups is 2. The lowest BCUT2D eigenvalue weighted by Gasteiger charge is -2.26. The number of likely N-dealkylation sites (tertiary alicyclic amines) is 1. The summed E-state index contributed by atoms with van der Waals surface area (Å²) in [5.74, 6) is -0.300. The van der Waals surface area contributed by atoms with E-state index in [1.807, 2.05) is 27.7 Å². The zero-order chi connectivity index (χ0) is 13.1. The fourth-order valence-electron chi connectivity index (χ4n) is 2.80. The maximum absolute atomic E-state index is 11.9. The number of piperidine rings is 1. The molecule has 5 nitrogen and oxygen atoms in total. The second-order valence-corrected chi connectivity index (χ2v) is 6.52. The molecule has 0 bridgehead atoms. The van der Waals surface area contributed by atoms with E-state index >= 15 is 0 Å². The Morgan fingerprint density at radius 1 is 1.29 bits per heavy atom. The van der Waals surface area contributed by atoms with Crippen molar-refractivity contribution >= 4 is 12.0 Å². The normalized spacial score (nSPS) is 35.4. The van der Waals surface area contributed by atoms with Gasteiger partial charge in [0.15, 0.2) is 0 Å². The van der Waals surface area contributed by atoms with E-state index in [4.69, 9.17) is 10.5 Å². The number of amides is 2. The average molecular weight is 240 g/mol. The lowest BCUT2D eigenvalue weighted by molar-refractivity contribution is -0.123. The molecule has 0 aromatic rings. The van der Waals surface area contributed by atoms with Crippen molar-refractivity contribution < 1.29 is 14.3 Å². The summed E-state index contributed by atoms with van der Waals surface area (Å²) in [6.07, 6.45) is 0.431. The first-order valence-electron chi connectivity index (χ1n) is 5.88. The molecule has 2 aliphatic rings. The molecule has 2 N–H and O–H groups in total. The third-order valence-electron chi connectivity index (χ3n) is 3.85. The minimum atomic E-state index is -0.510. The van der Waals surface area contributed by atoms with Crippen LogP contribution in [-0.2, 0) is 9.53 Å². The molecule has 2 amide bonds. The quantitative estimate of drug-likeness (QED) is 0.746. The highest BCUT2D eigenvalue weighted by Crippen LogP contribution is 2.67. The summed E-state index contributed by atoms with van der Waals surface area (Å²) >= 11 is 0. The lowest BCUT2D eigenvalue weighted by atomic mass is 9.98. The van der Waals surface area contributed by atoms with Crippen LogP contribution >= 0.6 is 0 Å². The molecule has 0 spiro atoms. The fourth-order valence-corrected chi connectivity index (χ4v) is 2.80. The Balaban J connectivity index is 2.05. The van der Waals surface area contributed by atoms with Gasteiger partial charge in [-0.2, -0.15) is 0 Å². The number of carbonyl (C=O) groups excluding carboxylic acids is 2. The highest BCUT2D eigenvalue weighted by Gasteiger charge is 2.73. The van der Waals surface area contributed by atoms with E-state index in [0.29, 0.717) is 13.1 Å². The Hall–Kier alpha value is -1.26.